The molecule has 1 heterocycles. The molecule has 0 saturated heterocycles. The summed E-state index contributed by atoms with van der Waals surface area (Å²) in [4.78, 5) is 5.45. The Balaban J connectivity index is 2.07. The van der Waals surface area contributed by atoms with Gasteiger partial charge >= 0.3 is 0 Å². The molecule has 0 spiro atoms. The molecule has 0 aliphatic carbocycles. The summed E-state index contributed by atoms with van der Waals surface area (Å²) in [5.41, 5.74) is 2.62. The highest BCUT2D eigenvalue weighted by molar-refractivity contribution is 7.07. The van der Waals surface area contributed by atoms with Crippen LogP contribution in [0.4, 0.5) is 10.1 Å². The lowest BCUT2D eigenvalue weighted by atomic mass is 10.2. The largest absolute Gasteiger partial charge is 0.494 e. The molecule has 6 heteroatoms. The zero-order valence-corrected chi connectivity index (χ0v) is 14.2. The lowest BCUT2D eigenvalue weighted by Crippen LogP contribution is -2.11. The number of hydrogen-bond acceptors (Lipinski definition) is 3. The number of ether oxygens (including phenoxy) is 1. The summed E-state index contributed by atoms with van der Waals surface area (Å²) in [6.07, 6.45) is 0. The maximum atomic E-state index is 13.1. The molecule has 23 heavy (non-hydrogen) atoms. The van der Waals surface area contributed by atoms with Gasteiger partial charge in [-0.05, 0) is 42.0 Å². The van der Waals surface area contributed by atoms with Gasteiger partial charge in [0.05, 0.1) is 12.8 Å². The minimum Gasteiger partial charge on any atom is -0.494 e. The first-order valence-electron chi connectivity index (χ1n) is 6.87. The van der Waals surface area contributed by atoms with E-state index in [1.807, 2.05) is 23.1 Å². The van der Waals surface area contributed by atoms with Crippen molar-refractivity contribution in [1.29, 1.82) is 0 Å². The zero-order valence-electron chi connectivity index (χ0n) is 12.6. The summed E-state index contributed by atoms with van der Waals surface area (Å²) in [6, 6.07) is 11.7. The Kier molecular flexibility index (Phi) is 4.50. The molecule has 0 unspecified atom stereocenters. The molecule has 3 aromatic rings. The fourth-order valence-corrected chi connectivity index (χ4v) is 3.28. The van der Waals surface area contributed by atoms with E-state index in [9.17, 15) is 4.39 Å². The number of benzene rings is 2. The second-order valence-corrected chi connectivity index (χ2v) is 6.17. The lowest BCUT2D eigenvalue weighted by Gasteiger charge is -2.05. The summed E-state index contributed by atoms with van der Waals surface area (Å²) >= 11 is 7.48. The molecule has 0 radical (unpaired) electrons. The van der Waals surface area contributed by atoms with E-state index in [1.165, 1.54) is 23.5 Å². The molecule has 0 N–H and O–H groups in total. The molecule has 0 saturated carbocycles. The van der Waals surface area contributed by atoms with Gasteiger partial charge in [0.15, 0.2) is 4.80 Å². The molecule has 3 rings (SSSR count). The van der Waals surface area contributed by atoms with Crippen molar-refractivity contribution in [1.82, 2.24) is 4.57 Å². The monoisotopic (exact) mass is 348 g/mol. The molecule has 0 fully saturated rings. The number of nitrogens with zero attached hydrogens (tertiary/aromatic N) is 2. The third kappa shape index (κ3) is 3.30. The average molecular weight is 349 g/mol. The van der Waals surface area contributed by atoms with Gasteiger partial charge in [0, 0.05) is 23.5 Å². The zero-order chi connectivity index (χ0) is 16.4. The molecule has 0 atom stereocenters. The second kappa shape index (κ2) is 6.56. The van der Waals surface area contributed by atoms with Gasteiger partial charge in [-0.25, -0.2) is 9.38 Å². The van der Waals surface area contributed by atoms with Crippen molar-refractivity contribution < 1.29 is 9.13 Å². The van der Waals surface area contributed by atoms with E-state index >= 15 is 0 Å². The van der Waals surface area contributed by atoms with Crippen LogP contribution in [0.3, 0.4) is 0 Å². The first-order chi connectivity index (χ1) is 11.1. The van der Waals surface area contributed by atoms with E-state index in [4.69, 9.17) is 16.3 Å². The minimum absolute atomic E-state index is 0.248. The van der Waals surface area contributed by atoms with Crippen LogP contribution in [0, 0.1) is 5.82 Å². The molecule has 0 amide bonds. The van der Waals surface area contributed by atoms with Crippen molar-refractivity contribution in [2.24, 2.45) is 12.0 Å². The Morgan fingerprint density at radius 1 is 1.17 bits per heavy atom. The first kappa shape index (κ1) is 15.8. The summed E-state index contributed by atoms with van der Waals surface area (Å²) in [6.45, 7) is 0. The van der Waals surface area contributed by atoms with Gasteiger partial charge in [-0.2, -0.15) is 0 Å². The third-order valence-electron chi connectivity index (χ3n) is 3.42. The van der Waals surface area contributed by atoms with E-state index in [1.54, 1.807) is 31.4 Å². The van der Waals surface area contributed by atoms with Crippen molar-refractivity contribution >= 4 is 28.6 Å². The van der Waals surface area contributed by atoms with Crippen LogP contribution in [0.15, 0.2) is 52.8 Å². The number of halogens is 2. The molecule has 0 aliphatic rings. The Bertz CT molecular complexity index is 900. The third-order valence-corrected chi connectivity index (χ3v) is 4.57. The van der Waals surface area contributed by atoms with Gasteiger partial charge in [0.25, 0.3) is 0 Å². The van der Waals surface area contributed by atoms with Crippen LogP contribution < -0.4 is 9.54 Å². The van der Waals surface area contributed by atoms with Crippen molar-refractivity contribution in [2.75, 3.05) is 7.11 Å². The highest BCUT2D eigenvalue weighted by Crippen LogP contribution is 2.30. The average Bonchev–Trinajstić information content (AvgIpc) is 2.91. The highest BCUT2D eigenvalue weighted by Gasteiger charge is 2.07. The van der Waals surface area contributed by atoms with E-state index < -0.39 is 0 Å². The molecule has 2 aromatic carbocycles. The van der Waals surface area contributed by atoms with Crippen molar-refractivity contribution in [2.45, 2.75) is 0 Å². The van der Waals surface area contributed by atoms with Crippen LogP contribution in [0.2, 0.25) is 5.02 Å². The lowest BCUT2D eigenvalue weighted by molar-refractivity contribution is 0.416. The highest BCUT2D eigenvalue weighted by atomic mass is 35.5. The van der Waals surface area contributed by atoms with E-state index in [0.29, 0.717) is 16.5 Å². The number of thiazole rings is 1. The molecule has 0 bridgehead atoms. The summed E-state index contributed by atoms with van der Waals surface area (Å²) < 4.78 is 20.3. The van der Waals surface area contributed by atoms with Gasteiger partial charge in [-0.3, -0.25) is 0 Å². The molecule has 0 aliphatic heterocycles. The number of rotatable bonds is 3. The Morgan fingerprint density at radius 2 is 1.91 bits per heavy atom. The standard InChI is InChI=1S/C17H14ClFN2OS/c1-21-15(11-3-6-13(19)7-4-11)10-23-17(21)20-14-8-5-12(18)9-16(14)22-2/h3-10H,1-2H3/b20-17+. The Labute approximate surface area is 142 Å². The SMILES string of the molecule is COc1cc(Cl)ccc1/N=c1/scc(-c2ccc(F)cc2)n1C. The summed E-state index contributed by atoms with van der Waals surface area (Å²) in [5, 5.41) is 2.59. The first-order valence-corrected chi connectivity index (χ1v) is 8.13. The van der Waals surface area contributed by atoms with Crippen molar-refractivity contribution in [3.05, 3.63) is 63.5 Å². The van der Waals surface area contributed by atoms with E-state index in [2.05, 4.69) is 4.99 Å². The van der Waals surface area contributed by atoms with Gasteiger partial charge in [-0.1, -0.05) is 11.6 Å². The van der Waals surface area contributed by atoms with Gasteiger partial charge < -0.3 is 9.30 Å². The molecular weight excluding hydrogens is 335 g/mol. The molecule has 3 nitrogen and oxygen atoms in total. The van der Waals surface area contributed by atoms with Crippen molar-refractivity contribution in [3.63, 3.8) is 0 Å². The number of hydrogen-bond donors (Lipinski definition) is 0. The fourth-order valence-electron chi connectivity index (χ4n) is 2.20. The Hall–Kier alpha value is -2.11. The summed E-state index contributed by atoms with van der Waals surface area (Å²) in [7, 11) is 3.51. The Morgan fingerprint density at radius 3 is 2.61 bits per heavy atom. The van der Waals surface area contributed by atoms with Crippen LogP contribution >= 0.6 is 22.9 Å². The molecule has 118 valence electrons. The summed E-state index contributed by atoms with van der Waals surface area (Å²) in [5.74, 6) is 0.372. The van der Waals surface area contributed by atoms with E-state index in [-0.39, 0.29) is 5.82 Å². The van der Waals surface area contributed by atoms with E-state index in [0.717, 1.165) is 16.1 Å². The van der Waals surface area contributed by atoms with Crippen LogP contribution in [-0.2, 0) is 7.05 Å². The van der Waals surface area contributed by atoms with Crippen LogP contribution in [0.1, 0.15) is 0 Å². The maximum Gasteiger partial charge on any atom is 0.190 e. The quantitative estimate of drug-likeness (QED) is 0.668. The van der Waals surface area contributed by atoms with Gasteiger partial charge in [0.1, 0.15) is 17.3 Å². The number of methoxy groups -OCH3 is 1. The number of aromatic nitrogens is 1. The normalized spacial score (nSPS) is 11.7. The fraction of sp³-hybridized carbons (Fsp3) is 0.118. The smallest absolute Gasteiger partial charge is 0.190 e. The van der Waals surface area contributed by atoms with Gasteiger partial charge in [0.2, 0.25) is 0 Å². The van der Waals surface area contributed by atoms with Gasteiger partial charge in [-0.15, -0.1) is 11.3 Å². The predicted octanol–water partition coefficient (Wildman–Crippen LogP) is 4.79. The predicted molar refractivity (Wildman–Crippen MR) is 91.9 cm³/mol. The molecular formula is C17H14ClFN2OS. The van der Waals surface area contributed by atoms with Crippen LogP contribution in [0.5, 0.6) is 5.75 Å². The minimum atomic E-state index is -0.248. The topological polar surface area (TPSA) is 26.5 Å². The second-order valence-electron chi connectivity index (χ2n) is 4.90. The van der Waals surface area contributed by atoms with Crippen molar-refractivity contribution in [3.8, 4) is 17.0 Å². The molecule has 1 aromatic heterocycles. The maximum absolute atomic E-state index is 13.1. The van der Waals surface area contributed by atoms with Crippen LogP contribution in [0.25, 0.3) is 11.3 Å². The van der Waals surface area contributed by atoms with Crippen LogP contribution in [-0.4, -0.2) is 11.7 Å².